The normalized spacial score (nSPS) is 14.8. The van der Waals surface area contributed by atoms with Crippen LogP contribution in [0.2, 0.25) is 0 Å². The van der Waals surface area contributed by atoms with Crippen LogP contribution in [0, 0.1) is 6.92 Å². The Morgan fingerprint density at radius 2 is 1.88 bits per heavy atom. The molecule has 0 amide bonds. The molecule has 0 radical (unpaired) electrons. The number of rotatable bonds is 5. The summed E-state index contributed by atoms with van der Waals surface area (Å²) in [6.45, 7) is 4.20. The first kappa shape index (κ1) is 22.5. The fraction of sp³-hybridized carbons (Fsp3) is 0.292. The van der Waals surface area contributed by atoms with Crippen LogP contribution in [0.4, 0.5) is 16.5 Å². The Morgan fingerprint density at radius 3 is 2.62 bits per heavy atom. The minimum absolute atomic E-state index is 0. The highest BCUT2D eigenvalue weighted by atomic mass is 35.5. The van der Waals surface area contributed by atoms with Crippen LogP contribution in [0.15, 0.2) is 61.1 Å². The average Bonchev–Trinajstić information content (AvgIpc) is 3.30. The van der Waals surface area contributed by atoms with Gasteiger partial charge in [0.05, 0.1) is 10.9 Å². The second kappa shape index (κ2) is 9.81. The molecule has 2 aromatic carbocycles. The van der Waals surface area contributed by atoms with Gasteiger partial charge < -0.3 is 9.64 Å². The summed E-state index contributed by atoms with van der Waals surface area (Å²) in [6.07, 6.45) is 5.69. The maximum absolute atomic E-state index is 6.54. The summed E-state index contributed by atoms with van der Waals surface area (Å²) in [5.74, 6) is 1.65. The van der Waals surface area contributed by atoms with Crippen LogP contribution >= 0.6 is 23.9 Å². The van der Waals surface area contributed by atoms with Crippen molar-refractivity contribution in [2.45, 2.75) is 25.9 Å². The van der Waals surface area contributed by atoms with Gasteiger partial charge in [0.15, 0.2) is 5.82 Å². The Bertz CT molecular complexity index is 1170. The molecule has 1 saturated heterocycles. The van der Waals surface area contributed by atoms with E-state index in [9.17, 15) is 0 Å². The van der Waals surface area contributed by atoms with Crippen LogP contribution in [0.3, 0.4) is 0 Å². The molecule has 0 bridgehead atoms. The number of ether oxygens (including phenoxy) is 1. The van der Waals surface area contributed by atoms with E-state index >= 15 is 0 Å². The van der Waals surface area contributed by atoms with Crippen LogP contribution in [0.1, 0.15) is 18.4 Å². The highest BCUT2D eigenvalue weighted by Gasteiger charge is 2.23. The second-order valence-electron chi connectivity index (χ2n) is 7.99. The van der Waals surface area contributed by atoms with Crippen molar-refractivity contribution < 1.29 is 4.74 Å². The Morgan fingerprint density at radius 1 is 1.06 bits per heavy atom. The summed E-state index contributed by atoms with van der Waals surface area (Å²) >= 11 is 1.45. The van der Waals surface area contributed by atoms with Crippen LogP contribution < -0.4 is 9.64 Å². The van der Waals surface area contributed by atoms with Crippen molar-refractivity contribution in [2.75, 3.05) is 25.0 Å². The van der Waals surface area contributed by atoms with Crippen LogP contribution in [-0.4, -0.2) is 45.5 Å². The zero-order valence-corrected chi connectivity index (χ0v) is 19.8. The molecule has 0 atom stereocenters. The topological polar surface area (TPSA) is 54.4 Å². The van der Waals surface area contributed by atoms with Gasteiger partial charge in [-0.25, -0.2) is 9.97 Å². The van der Waals surface area contributed by atoms with Gasteiger partial charge in [0, 0.05) is 25.0 Å². The number of nitrogens with zero attached hydrogens (tertiary/aromatic N) is 5. The summed E-state index contributed by atoms with van der Waals surface area (Å²) in [5, 5.41) is 1.93. The molecule has 2 aromatic heterocycles. The summed E-state index contributed by atoms with van der Waals surface area (Å²) in [7, 11) is 2.16. The van der Waals surface area contributed by atoms with E-state index in [-0.39, 0.29) is 18.5 Å². The van der Waals surface area contributed by atoms with Crippen molar-refractivity contribution in [3.05, 3.63) is 66.6 Å². The van der Waals surface area contributed by atoms with Crippen molar-refractivity contribution >= 4 is 51.3 Å². The predicted octanol–water partition coefficient (Wildman–Crippen LogP) is 5.76. The fourth-order valence-electron chi connectivity index (χ4n) is 4.06. The zero-order valence-electron chi connectivity index (χ0n) is 18.1. The van der Waals surface area contributed by atoms with Crippen molar-refractivity contribution in [1.82, 2.24) is 19.2 Å². The lowest BCUT2D eigenvalue weighted by atomic mass is 10.1. The Hall–Kier alpha value is -2.74. The maximum atomic E-state index is 6.54. The molecule has 5 rings (SSSR count). The van der Waals surface area contributed by atoms with E-state index in [0.29, 0.717) is 0 Å². The first-order valence-corrected chi connectivity index (χ1v) is 11.3. The van der Waals surface area contributed by atoms with E-state index in [1.54, 1.807) is 6.33 Å². The van der Waals surface area contributed by atoms with Crippen LogP contribution in [0.5, 0.6) is 5.75 Å². The SMILES string of the molecule is Cc1cccc(N(c2ccns2)c2ncnc3cccc(OC4CCN(C)CC4)c23)c1.Cl. The molecule has 8 heteroatoms. The van der Waals surface area contributed by atoms with E-state index in [4.69, 9.17) is 9.72 Å². The number of hydrogen-bond donors (Lipinski definition) is 0. The molecule has 32 heavy (non-hydrogen) atoms. The van der Waals surface area contributed by atoms with Gasteiger partial charge in [-0.05, 0) is 74.2 Å². The van der Waals surface area contributed by atoms with Gasteiger partial charge in [-0.3, -0.25) is 4.90 Å². The molecule has 1 fully saturated rings. The Balaban J connectivity index is 0.00000245. The smallest absolute Gasteiger partial charge is 0.153 e. The summed E-state index contributed by atoms with van der Waals surface area (Å²) in [6, 6.07) is 16.5. The molecule has 3 heterocycles. The molecule has 6 nitrogen and oxygen atoms in total. The van der Waals surface area contributed by atoms with E-state index in [1.165, 1.54) is 17.1 Å². The number of halogens is 1. The summed E-state index contributed by atoms with van der Waals surface area (Å²) in [4.78, 5) is 13.8. The largest absolute Gasteiger partial charge is 0.489 e. The van der Waals surface area contributed by atoms with Gasteiger partial charge in [0.2, 0.25) is 0 Å². The molecule has 1 aliphatic heterocycles. The summed E-state index contributed by atoms with van der Waals surface area (Å²) in [5.41, 5.74) is 3.10. The van der Waals surface area contributed by atoms with Crippen molar-refractivity contribution in [2.24, 2.45) is 0 Å². The minimum atomic E-state index is 0. The predicted molar refractivity (Wildman–Crippen MR) is 133 cm³/mol. The number of likely N-dealkylation sites (tertiary alicyclic amines) is 1. The molecule has 0 saturated carbocycles. The molecule has 0 aliphatic carbocycles. The zero-order chi connectivity index (χ0) is 21.2. The molecule has 0 N–H and O–H groups in total. The van der Waals surface area contributed by atoms with Crippen molar-refractivity contribution in [3.63, 3.8) is 0 Å². The van der Waals surface area contributed by atoms with Crippen molar-refractivity contribution in [3.8, 4) is 5.75 Å². The second-order valence-corrected chi connectivity index (χ2v) is 8.80. The Labute approximate surface area is 198 Å². The van der Waals surface area contributed by atoms with E-state index < -0.39 is 0 Å². The van der Waals surface area contributed by atoms with E-state index in [0.717, 1.165) is 59.1 Å². The lowest BCUT2D eigenvalue weighted by molar-refractivity contribution is 0.116. The molecule has 4 aromatic rings. The first-order chi connectivity index (χ1) is 15.2. The third kappa shape index (κ3) is 4.55. The number of hydrogen-bond acceptors (Lipinski definition) is 7. The number of fused-ring (bicyclic) bond motifs is 1. The van der Waals surface area contributed by atoms with E-state index in [1.807, 2.05) is 30.5 Å². The molecule has 0 spiro atoms. The highest BCUT2D eigenvalue weighted by molar-refractivity contribution is 7.10. The fourth-order valence-corrected chi connectivity index (χ4v) is 4.68. The third-order valence-electron chi connectivity index (χ3n) is 5.68. The lowest BCUT2D eigenvalue weighted by Gasteiger charge is -2.30. The maximum Gasteiger partial charge on any atom is 0.153 e. The quantitative estimate of drug-likeness (QED) is 0.372. The van der Waals surface area contributed by atoms with Crippen LogP contribution in [0.25, 0.3) is 10.9 Å². The van der Waals surface area contributed by atoms with Crippen LogP contribution in [-0.2, 0) is 0 Å². The molecular formula is C24H26ClN5OS. The van der Waals surface area contributed by atoms with Gasteiger partial charge in [-0.1, -0.05) is 18.2 Å². The number of benzene rings is 2. The standard InChI is InChI=1S/C24H25N5OS.ClH/c1-17-5-3-6-18(15-17)29(22-9-12-27-31-22)24-23-20(25-16-26-24)7-4-8-21(23)30-19-10-13-28(2)14-11-19;/h3-9,12,15-16,19H,10-11,13-14H2,1-2H3;1H. The minimum Gasteiger partial charge on any atom is -0.489 e. The number of anilines is 3. The third-order valence-corrected chi connectivity index (χ3v) is 6.41. The van der Waals surface area contributed by atoms with Gasteiger partial charge in [-0.2, -0.15) is 4.37 Å². The van der Waals surface area contributed by atoms with Gasteiger partial charge >= 0.3 is 0 Å². The molecule has 166 valence electrons. The summed E-state index contributed by atoms with van der Waals surface area (Å²) < 4.78 is 10.9. The average molecular weight is 468 g/mol. The van der Waals surface area contributed by atoms with Gasteiger partial charge in [0.1, 0.15) is 23.2 Å². The van der Waals surface area contributed by atoms with E-state index in [2.05, 4.69) is 57.4 Å². The highest BCUT2D eigenvalue weighted by Crippen LogP contribution is 2.42. The molecule has 0 unspecified atom stereocenters. The number of piperidine rings is 1. The van der Waals surface area contributed by atoms with Crippen molar-refractivity contribution in [1.29, 1.82) is 0 Å². The number of aromatic nitrogens is 3. The lowest BCUT2D eigenvalue weighted by Crippen LogP contribution is -2.35. The molecular weight excluding hydrogens is 442 g/mol. The van der Waals surface area contributed by atoms with Gasteiger partial charge in [-0.15, -0.1) is 12.4 Å². The number of aryl methyl sites for hydroxylation is 1. The Kier molecular flexibility index (Phi) is 6.89. The monoisotopic (exact) mass is 467 g/mol. The first-order valence-electron chi connectivity index (χ1n) is 10.6. The van der Waals surface area contributed by atoms with Gasteiger partial charge in [0.25, 0.3) is 0 Å². The molecule has 1 aliphatic rings.